The first-order valence-electron chi connectivity index (χ1n) is 8.37. The Balaban J connectivity index is 2.05. The zero-order valence-corrected chi connectivity index (χ0v) is 16.7. The Hall–Kier alpha value is -2.13. The molecule has 0 saturated carbocycles. The highest BCUT2D eigenvalue weighted by atomic mass is 35.5. The number of aryl methyl sites for hydroxylation is 1. The van der Waals surface area contributed by atoms with Crippen LogP contribution in [-0.4, -0.2) is 54.2 Å². The minimum Gasteiger partial charge on any atom is -0.449 e. The van der Waals surface area contributed by atoms with Gasteiger partial charge in [0.05, 0.1) is 23.2 Å². The highest BCUT2D eigenvalue weighted by Crippen LogP contribution is 2.30. The van der Waals surface area contributed by atoms with Crippen LogP contribution < -0.4 is 5.32 Å². The van der Waals surface area contributed by atoms with Crippen LogP contribution in [-0.2, 0) is 24.2 Å². The maximum Gasteiger partial charge on any atom is 0.331 e. The lowest BCUT2D eigenvalue weighted by Crippen LogP contribution is -2.35. The molecule has 1 aromatic heterocycles. The van der Waals surface area contributed by atoms with Crippen LogP contribution in [0.4, 0.5) is 0 Å². The molecule has 1 N–H and O–H groups in total. The highest BCUT2D eigenvalue weighted by molar-refractivity contribution is 7.91. The summed E-state index contributed by atoms with van der Waals surface area (Å²) >= 11 is 6.33. The van der Waals surface area contributed by atoms with Crippen molar-refractivity contribution >= 4 is 39.4 Å². The number of esters is 1. The number of nitrogens with one attached hydrogen (secondary N) is 1. The number of hydrogen-bond donors (Lipinski definition) is 1. The summed E-state index contributed by atoms with van der Waals surface area (Å²) in [7, 11) is -3.07. The quantitative estimate of drug-likeness (QED) is 0.410. The number of hydrogen-bond acceptors (Lipinski definition) is 6. The van der Waals surface area contributed by atoms with Gasteiger partial charge in [0.15, 0.2) is 15.9 Å². The number of carbonyl (C=O) groups is 2. The van der Waals surface area contributed by atoms with Crippen LogP contribution in [0.15, 0.2) is 18.7 Å². The summed E-state index contributed by atoms with van der Waals surface area (Å²) in [5.41, 5.74) is 1.06. The van der Waals surface area contributed by atoms with Crippen molar-refractivity contribution in [3.8, 4) is 0 Å². The van der Waals surface area contributed by atoms with Crippen molar-refractivity contribution < 1.29 is 22.7 Å². The van der Waals surface area contributed by atoms with Gasteiger partial charge in [-0.05, 0) is 26.3 Å². The molecule has 1 aliphatic rings. The summed E-state index contributed by atoms with van der Waals surface area (Å²) in [5, 5.41) is 7.09. The van der Waals surface area contributed by atoms with E-state index >= 15 is 0 Å². The van der Waals surface area contributed by atoms with Gasteiger partial charge < -0.3 is 10.1 Å². The minimum atomic E-state index is -3.07. The number of carbonyl (C=O) groups excluding carboxylic acids is 2. The molecular weight excluding hydrogens is 394 g/mol. The van der Waals surface area contributed by atoms with E-state index in [2.05, 4.69) is 17.0 Å². The molecule has 0 aromatic carbocycles. The minimum absolute atomic E-state index is 0.00360. The molecule has 8 nitrogen and oxygen atoms in total. The zero-order valence-electron chi connectivity index (χ0n) is 15.1. The van der Waals surface area contributed by atoms with Crippen molar-refractivity contribution in [3.63, 3.8) is 0 Å². The van der Waals surface area contributed by atoms with Gasteiger partial charge in [-0.2, -0.15) is 5.10 Å². The predicted molar refractivity (Wildman–Crippen MR) is 102 cm³/mol. The number of rotatable bonds is 7. The fourth-order valence-corrected chi connectivity index (χ4v) is 4.73. The third-order valence-corrected chi connectivity index (χ3v) is 6.22. The second kappa shape index (κ2) is 8.71. The van der Waals surface area contributed by atoms with Gasteiger partial charge in [0, 0.05) is 18.2 Å². The Bertz CT molecular complexity index is 875. The van der Waals surface area contributed by atoms with Crippen molar-refractivity contribution in [1.29, 1.82) is 0 Å². The number of nitrogens with zero attached hydrogens (tertiary/aromatic N) is 2. The van der Waals surface area contributed by atoms with Crippen LogP contribution in [0.1, 0.15) is 30.6 Å². The smallest absolute Gasteiger partial charge is 0.331 e. The number of halogens is 1. The van der Waals surface area contributed by atoms with Crippen LogP contribution in [0, 0.1) is 6.92 Å². The molecule has 2 atom stereocenters. The monoisotopic (exact) mass is 415 g/mol. The summed E-state index contributed by atoms with van der Waals surface area (Å²) in [5.74, 6) is -1.03. The molecule has 0 bridgehead atoms. The molecule has 1 aromatic rings. The largest absolute Gasteiger partial charge is 0.449 e. The number of amides is 1. The average Bonchev–Trinajstić information content (AvgIpc) is 3.09. The Morgan fingerprint density at radius 1 is 1.52 bits per heavy atom. The summed E-state index contributed by atoms with van der Waals surface area (Å²) in [4.78, 5) is 23.6. The summed E-state index contributed by atoms with van der Waals surface area (Å²) in [6.07, 6.45) is 3.62. The molecule has 10 heteroatoms. The van der Waals surface area contributed by atoms with Crippen LogP contribution in [0.25, 0.3) is 6.08 Å². The third kappa shape index (κ3) is 5.43. The molecular formula is C17H22ClN3O5S. The Kier molecular flexibility index (Phi) is 6.83. The van der Waals surface area contributed by atoms with Gasteiger partial charge in [-0.1, -0.05) is 17.7 Å². The van der Waals surface area contributed by atoms with E-state index in [0.717, 1.165) is 6.08 Å². The second-order valence-corrected chi connectivity index (χ2v) is 8.82. The van der Waals surface area contributed by atoms with E-state index in [1.807, 2.05) is 0 Å². The van der Waals surface area contributed by atoms with E-state index in [4.69, 9.17) is 16.3 Å². The van der Waals surface area contributed by atoms with Gasteiger partial charge in [-0.3, -0.25) is 4.79 Å². The lowest BCUT2D eigenvalue weighted by molar-refractivity contribution is -0.150. The first kappa shape index (κ1) is 21.2. The first-order chi connectivity index (χ1) is 12.6. The molecule has 1 amide bonds. The zero-order chi connectivity index (χ0) is 20.2. The first-order valence-corrected chi connectivity index (χ1v) is 10.6. The van der Waals surface area contributed by atoms with E-state index in [9.17, 15) is 18.0 Å². The van der Waals surface area contributed by atoms with Crippen molar-refractivity contribution in [2.75, 3.05) is 18.1 Å². The average molecular weight is 416 g/mol. The molecule has 0 spiro atoms. The number of ether oxygens (including phenoxy) is 1. The standard InChI is InChI=1S/C17H22ClN3O5S/c1-4-8-19-17(23)12(3)26-15(22)6-5-14-11(2)20-21(16(14)18)13-7-9-27(24,25)10-13/h4-6,12-13H,1,7-10H2,2-3H3,(H,19,23)/b6-5+/t12-,13-/m1/s1. The SMILES string of the molecule is C=CCNC(=O)[C@@H](C)OC(=O)/C=C/c1c(C)nn([C@@H]2CCS(=O)(=O)C2)c1Cl. The molecule has 1 saturated heterocycles. The van der Waals surface area contributed by atoms with Crippen molar-refractivity contribution in [2.45, 2.75) is 32.4 Å². The van der Waals surface area contributed by atoms with E-state index in [0.29, 0.717) is 17.7 Å². The Morgan fingerprint density at radius 3 is 2.81 bits per heavy atom. The van der Waals surface area contributed by atoms with Gasteiger partial charge in [-0.15, -0.1) is 6.58 Å². The molecule has 2 rings (SSSR count). The normalized spacial score (nSPS) is 19.7. The summed E-state index contributed by atoms with van der Waals surface area (Å²) in [6.45, 7) is 6.93. The summed E-state index contributed by atoms with van der Waals surface area (Å²) < 4.78 is 29.8. The van der Waals surface area contributed by atoms with E-state index < -0.39 is 27.8 Å². The van der Waals surface area contributed by atoms with Gasteiger partial charge >= 0.3 is 5.97 Å². The molecule has 148 valence electrons. The van der Waals surface area contributed by atoms with Crippen LogP contribution in [0.3, 0.4) is 0 Å². The maximum absolute atomic E-state index is 11.9. The van der Waals surface area contributed by atoms with Gasteiger partial charge in [0.1, 0.15) is 5.15 Å². The van der Waals surface area contributed by atoms with Crippen molar-refractivity contribution in [3.05, 3.63) is 35.1 Å². The van der Waals surface area contributed by atoms with Crippen LogP contribution in [0.5, 0.6) is 0 Å². The van der Waals surface area contributed by atoms with Crippen molar-refractivity contribution in [1.82, 2.24) is 15.1 Å². The van der Waals surface area contributed by atoms with Gasteiger partial charge in [0.2, 0.25) is 0 Å². The molecule has 0 radical (unpaired) electrons. The Labute approximate surface area is 163 Å². The Morgan fingerprint density at radius 2 is 2.22 bits per heavy atom. The topological polar surface area (TPSA) is 107 Å². The van der Waals surface area contributed by atoms with E-state index in [1.54, 1.807) is 6.92 Å². The van der Waals surface area contributed by atoms with Crippen LogP contribution in [0.2, 0.25) is 5.15 Å². The van der Waals surface area contributed by atoms with Crippen LogP contribution >= 0.6 is 11.6 Å². The predicted octanol–water partition coefficient (Wildman–Crippen LogP) is 1.45. The highest BCUT2D eigenvalue weighted by Gasteiger charge is 2.31. The third-order valence-electron chi connectivity index (χ3n) is 4.09. The molecule has 1 aliphatic heterocycles. The fraction of sp³-hybridized carbons (Fsp3) is 0.471. The fourth-order valence-electron chi connectivity index (χ4n) is 2.67. The molecule has 1 fully saturated rings. The van der Waals surface area contributed by atoms with Gasteiger partial charge in [0.25, 0.3) is 5.91 Å². The maximum atomic E-state index is 11.9. The number of aromatic nitrogens is 2. The van der Waals surface area contributed by atoms with Crippen molar-refractivity contribution in [2.24, 2.45) is 0 Å². The molecule has 0 unspecified atom stereocenters. The van der Waals surface area contributed by atoms with Gasteiger partial charge in [-0.25, -0.2) is 17.9 Å². The lowest BCUT2D eigenvalue weighted by atomic mass is 10.2. The molecule has 0 aliphatic carbocycles. The second-order valence-electron chi connectivity index (χ2n) is 6.24. The van der Waals surface area contributed by atoms with E-state index in [1.165, 1.54) is 23.8 Å². The van der Waals surface area contributed by atoms with E-state index in [-0.39, 0.29) is 29.2 Å². The molecule has 2 heterocycles. The number of sulfone groups is 1. The lowest BCUT2D eigenvalue weighted by Gasteiger charge is -2.11. The summed E-state index contributed by atoms with van der Waals surface area (Å²) in [6, 6.07) is -0.316. The molecule has 27 heavy (non-hydrogen) atoms.